The van der Waals surface area contributed by atoms with Gasteiger partial charge in [0.1, 0.15) is 0 Å². The molecule has 0 unspecified atom stereocenters. The molecule has 1 aromatic carbocycles. The third-order valence-electron chi connectivity index (χ3n) is 4.76. The Morgan fingerprint density at radius 2 is 1.91 bits per heavy atom. The molecule has 0 saturated carbocycles. The summed E-state index contributed by atoms with van der Waals surface area (Å²) in [6.07, 6.45) is 5.94. The first kappa shape index (κ1) is 15.0. The quantitative estimate of drug-likeness (QED) is 0.853. The van der Waals surface area contributed by atoms with Crippen LogP contribution in [0.15, 0.2) is 42.0 Å². The van der Waals surface area contributed by atoms with Crippen molar-refractivity contribution in [3.05, 3.63) is 47.5 Å². The van der Waals surface area contributed by atoms with Gasteiger partial charge in [0.2, 0.25) is 5.91 Å². The second-order valence-corrected chi connectivity index (χ2v) is 6.67. The maximum Gasteiger partial charge on any atom is 0.223 e. The van der Waals surface area contributed by atoms with Gasteiger partial charge >= 0.3 is 0 Å². The van der Waals surface area contributed by atoms with Crippen LogP contribution in [0.4, 0.5) is 0 Å². The van der Waals surface area contributed by atoms with E-state index in [4.69, 9.17) is 0 Å². The summed E-state index contributed by atoms with van der Waals surface area (Å²) in [7, 11) is 0. The number of hydrogen-bond donors (Lipinski definition) is 0. The van der Waals surface area contributed by atoms with Crippen LogP contribution in [0.2, 0.25) is 0 Å². The molecular weight excluding hydrogens is 274 g/mol. The zero-order valence-electron chi connectivity index (χ0n) is 13.1. The van der Waals surface area contributed by atoms with E-state index >= 15 is 0 Å². The van der Waals surface area contributed by atoms with E-state index in [1.54, 1.807) is 6.08 Å². The van der Waals surface area contributed by atoms with Crippen molar-refractivity contribution < 1.29 is 9.59 Å². The van der Waals surface area contributed by atoms with Gasteiger partial charge < -0.3 is 4.90 Å². The Bertz CT molecular complexity index is 591. The second-order valence-electron chi connectivity index (χ2n) is 6.67. The van der Waals surface area contributed by atoms with Crippen LogP contribution in [0.25, 0.3) is 0 Å². The van der Waals surface area contributed by atoms with Crippen molar-refractivity contribution in [2.75, 3.05) is 0 Å². The van der Waals surface area contributed by atoms with Gasteiger partial charge in [0.05, 0.1) is 0 Å². The fourth-order valence-electron chi connectivity index (χ4n) is 3.79. The summed E-state index contributed by atoms with van der Waals surface area (Å²) in [5.74, 6) is 0.891. The molecule has 0 radical (unpaired) electrons. The van der Waals surface area contributed by atoms with Crippen LogP contribution in [0.1, 0.15) is 44.6 Å². The molecule has 1 fully saturated rings. The number of nitrogens with zero attached hydrogens (tertiary/aromatic N) is 1. The summed E-state index contributed by atoms with van der Waals surface area (Å²) in [5.41, 5.74) is 2.36. The van der Waals surface area contributed by atoms with Crippen LogP contribution in [0.3, 0.4) is 0 Å². The van der Waals surface area contributed by atoms with Crippen LogP contribution in [-0.4, -0.2) is 22.6 Å². The Morgan fingerprint density at radius 1 is 1.14 bits per heavy atom. The molecule has 0 aromatic heterocycles. The minimum Gasteiger partial charge on any atom is -0.335 e. The first-order valence-electron chi connectivity index (χ1n) is 8.15. The molecule has 22 heavy (non-hydrogen) atoms. The molecule has 1 amide bonds. The standard InChI is InChI=1S/C19H23NO2/c1-14-9-16(12-18(21)10-14)11-17-7-8-19(22)20(17)13-15-5-3-2-4-6-15/h2-6,10,16-17H,7-9,11-13H2,1H3/t16-,17+/m1/s1. The van der Waals surface area contributed by atoms with Gasteiger partial charge in [-0.2, -0.15) is 0 Å². The topological polar surface area (TPSA) is 37.4 Å². The highest BCUT2D eigenvalue weighted by atomic mass is 16.2. The van der Waals surface area contributed by atoms with Crippen molar-refractivity contribution in [2.45, 2.75) is 51.6 Å². The van der Waals surface area contributed by atoms with Crippen LogP contribution in [0.5, 0.6) is 0 Å². The number of benzene rings is 1. The maximum absolute atomic E-state index is 12.2. The van der Waals surface area contributed by atoms with Crippen LogP contribution >= 0.6 is 0 Å². The van der Waals surface area contributed by atoms with Gasteiger partial charge in [-0.05, 0) is 43.7 Å². The number of rotatable bonds is 4. The Labute approximate surface area is 132 Å². The largest absolute Gasteiger partial charge is 0.335 e. The number of allylic oxidation sites excluding steroid dienone is 2. The molecule has 3 heteroatoms. The van der Waals surface area contributed by atoms with Crippen molar-refractivity contribution in [3.8, 4) is 0 Å². The summed E-state index contributed by atoms with van der Waals surface area (Å²) < 4.78 is 0. The van der Waals surface area contributed by atoms with Gasteiger partial charge in [-0.25, -0.2) is 0 Å². The lowest BCUT2D eigenvalue weighted by Gasteiger charge is -2.29. The molecule has 3 rings (SSSR count). The van der Waals surface area contributed by atoms with Gasteiger partial charge in [-0.3, -0.25) is 9.59 Å². The van der Waals surface area contributed by atoms with E-state index in [9.17, 15) is 9.59 Å². The van der Waals surface area contributed by atoms with Gasteiger partial charge in [-0.15, -0.1) is 0 Å². The van der Waals surface area contributed by atoms with Crippen molar-refractivity contribution in [2.24, 2.45) is 5.92 Å². The summed E-state index contributed by atoms with van der Waals surface area (Å²) in [6.45, 7) is 2.73. The molecule has 116 valence electrons. The van der Waals surface area contributed by atoms with E-state index in [-0.39, 0.29) is 17.7 Å². The zero-order chi connectivity index (χ0) is 15.5. The molecule has 0 bridgehead atoms. The molecule has 0 N–H and O–H groups in total. The molecule has 1 heterocycles. The third-order valence-corrected chi connectivity index (χ3v) is 4.76. The van der Waals surface area contributed by atoms with Gasteiger partial charge in [0.25, 0.3) is 0 Å². The van der Waals surface area contributed by atoms with E-state index < -0.39 is 0 Å². The number of likely N-dealkylation sites (tertiary alicyclic amines) is 1. The minimum atomic E-state index is 0.243. The fraction of sp³-hybridized carbons (Fsp3) is 0.474. The predicted octanol–water partition coefficient (Wildman–Crippen LogP) is 3.49. The number of carbonyl (C=O) groups is 2. The molecule has 1 aliphatic heterocycles. The second kappa shape index (κ2) is 6.47. The van der Waals surface area contributed by atoms with Crippen LogP contribution in [-0.2, 0) is 16.1 Å². The van der Waals surface area contributed by atoms with E-state index in [0.29, 0.717) is 25.3 Å². The van der Waals surface area contributed by atoms with E-state index in [1.165, 1.54) is 11.1 Å². The lowest BCUT2D eigenvalue weighted by Crippen LogP contribution is -2.34. The molecule has 0 spiro atoms. The third kappa shape index (κ3) is 3.46. The number of amides is 1. The lowest BCUT2D eigenvalue weighted by atomic mass is 9.84. The Balaban J connectivity index is 1.66. The van der Waals surface area contributed by atoms with E-state index in [2.05, 4.69) is 12.1 Å². The highest BCUT2D eigenvalue weighted by Gasteiger charge is 2.33. The Kier molecular flexibility index (Phi) is 4.41. The molecule has 1 saturated heterocycles. The van der Waals surface area contributed by atoms with Crippen molar-refractivity contribution in [1.29, 1.82) is 0 Å². The SMILES string of the molecule is CC1=CC(=O)C[C@@H](C[C@@H]2CCC(=O)N2Cc2ccccc2)C1. The molecule has 2 atom stereocenters. The van der Waals surface area contributed by atoms with Gasteiger partial charge in [0, 0.05) is 25.4 Å². The molecule has 1 aromatic rings. The van der Waals surface area contributed by atoms with Gasteiger partial charge in [-0.1, -0.05) is 35.9 Å². The summed E-state index contributed by atoms with van der Waals surface area (Å²) in [4.78, 5) is 26.0. The summed E-state index contributed by atoms with van der Waals surface area (Å²) in [6, 6.07) is 10.4. The van der Waals surface area contributed by atoms with Crippen LogP contribution in [0, 0.1) is 5.92 Å². The average Bonchev–Trinajstić information content (AvgIpc) is 2.80. The number of hydrogen-bond acceptors (Lipinski definition) is 2. The lowest BCUT2D eigenvalue weighted by molar-refractivity contribution is -0.129. The average molecular weight is 297 g/mol. The van der Waals surface area contributed by atoms with Gasteiger partial charge in [0.15, 0.2) is 5.78 Å². The summed E-state index contributed by atoms with van der Waals surface area (Å²) in [5, 5.41) is 0. The van der Waals surface area contributed by atoms with E-state index in [0.717, 1.165) is 19.3 Å². The van der Waals surface area contributed by atoms with Crippen LogP contribution < -0.4 is 0 Å². The Morgan fingerprint density at radius 3 is 2.64 bits per heavy atom. The smallest absolute Gasteiger partial charge is 0.223 e. The first-order chi connectivity index (χ1) is 10.6. The van der Waals surface area contributed by atoms with Crippen molar-refractivity contribution in [3.63, 3.8) is 0 Å². The highest BCUT2D eigenvalue weighted by molar-refractivity contribution is 5.91. The number of ketones is 1. The fourth-order valence-corrected chi connectivity index (χ4v) is 3.79. The first-order valence-corrected chi connectivity index (χ1v) is 8.15. The number of carbonyl (C=O) groups excluding carboxylic acids is 2. The molecule has 2 aliphatic rings. The molecule has 1 aliphatic carbocycles. The highest BCUT2D eigenvalue weighted by Crippen LogP contribution is 2.32. The maximum atomic E-state index is 12.2. The molecular formula is C19H23NO2. The zero-order valence-corrected chi connectivity index (χ0v) is 13.1. The minimum absolute atomic E-state index is 0.243. The Hall–Kier alpha value is -1.90. The normalized spacial score (nSPS) is 25.5. The van der Waals surface area contributed by atoms with Crippen molar-refractivity contribution >= 4 is 11.7 Å². The van der Waals surface area contributed by atoms with Crippen molar-refractivity contribution in [1.82, 2.24) is 4.90 Å². The summed E-state index contributed by atoms with van der Waals surface area (Å²) >= 11 is 0. The monoisotopic (exact) mass is 297 g/mol. The van der Waals surface area contributed by atoms with E-state index in [1.807, 2.05) is 30.0 Å². The predicted molar refractivity (Wildman–Crippen MR) is 86.1 cm³/mol. The molecule has 3 nitrogen and oxygen atoms in total.